The molecule has 0 saturated heterocycles. The number of carbonyl (C=O) groups is 1. The Hall–Kier alpha value is -2.43. The second-order valence-corrected chi connectivity index (χ2v) is 5.96. The third-order valence-electron chi connectivity index (χ3n) is 4.23. The highest BCUT2D eigenvalue weighted by molar-refractivity contribution is 5.93. The van der Waals surface area contributed by atoms with Crippen molar-refractivity contribution in [1.29, 1.82) is 0 Å². The summed E-state index contributed by atoms with van der Waals surface area (Å²) in [6.07, 6.45) is 6.51. The normalized spacial score (nSPS) is 17.0. The van der Waals surface area contributed by atoms with Gasteiger partial charge in [-0.15, -0.1) is 0 Å². The summed E-state index contributed by atoms with van der Waals surface area (Å²) < 4.78 is 0. The Morgan fingerprint density at radius 1 is 1.14 bits per heavy atom. The molecule has 2 aliphatic rings. The van der Waals surface area contributed by atoms with Gasteiger partial charge >= 0.3 is 0 Å². The molecule has 5 heteroatoms. The lowest BCUT2D eigenvalue weighted by molar-refractivity contribution is 0.0734. The number of hydrogen-bond donors (Lipinski definition) is 1. The van der Waals surface area contributed by atoms with Gasteiger partial charge in [-0.3, -0.25) is 4.79 Å². The number of fused-ring (bicyclic) bond motifs is 1. The summed E-state index contributed by atoms with van der Waals surface area (Å²) in [5, 5.41) is 3.23. The van der Waals surface area contributed by atoms with Crippen molar-refractivity contribution in [3.63, 3.8) is 0 Å². The molecule has 1 aromatic heterocycles. The lowest BCUT2D eigenvalue weighted by atomic mass is 9.99. The standard InChI is InChI=1S/C17H18N4O/c22-16(14-9-18-17(19-10-14)20-15-5-6-15)21-8-7-12-3-1-2-4-13(12)11-21/h1-4,9-10,15H,5-8,11H2,(H,18,19,20). The zero-order chi connectivity index (χ0) is 14.9. The SMILES string of the molecule is O=C(c1cnc(NC2CC2)nc1)N1CCc2ccccc2C1. The second kappa shape index (κ2) is 5.40. The fourth-order valence-corrected chi connectivity index (χ4v) is 2.77. The fraction of sp³-hybridized carbons (Fsp3) is 0.353. The van der Waals surface area contributed by atoms with Crippen molar-refractivity contribution in [2.45, 2.75) is 31.8 Å². The van der Waals surface area contributed by atoms with Crippen LogP contribution in [0.5, 0.6) is 0 Å². The van der Waals surface area contributed by atoms with E-state index in [0.29, 0.717) is 24.1 Å². The molecule has 1 amide bonds. The smallest absolute Gasteiger partial charge is 0.257 e. The van der Waals surface area contributed by atoms with E-state index in [9.17, 15) is 4.79 Å². The summed E-state index contributed by atoms with van der Waals surface area (Å²) in [4.78, 5) is 22.9. The number of hydrogen-bond acceptors (Lipinski definition) is 4. The van der Waals surface area contributed by atoms with Gasteiger partial charge in [-0.25, -0.2) is 9.97 Å². The number of amides is 1. The molecule has 4 rings (SSSR count). The van der Waals surface area contributed by atoms with E-state index in [2.05, 4.69) is 33.5 Å². The summed E-state index contributed by atoms with van der Waals surface area (Å²) in [6.45, 7) is 1.41. The molecular formula is C17H18N4O. The summed E-state index contributed by atoms with van der Waals surface area (Å²) in [5.74, 6) is 0.621. The Labute approximate surface area is 129 Å². The van der Waals surface area contributed by atoms with Gasteiger partial charge in [0.2, 0.25) is 5.95 Å². The number of carbonyl (C=O) groups excluding carboxylic acids is 1. The molecule has 22 heavy (non-hydrogen) atoms. The Balaban J connectivity index is 1.47. The molecule has 0 spiro atoms. The molecule has 2 heterocycles. The van der Waals surface area contributed by atoms with E-state index >= 15 is 0 Å². The molecule has 1 aliphatic carbocycles. The van der Waals surface area contributed by atoms with Gasteiger partial charge in [0.15, 0.2) is 0 Å². The van der Waals surface area contributed by atoms with Crippen LogP contribution in [0.2, 0.25) is 0 Å². The molecule has 0 bridgehead atoms. The average Bonchev–Trinajstić information content (AvgIpc) is 3.38. The quantitative estimate of drug-likeness (QED) is 0.943. The molecule has 1 fully saturated rings. The fourth-order valence-electron chi connectivity index (χ4n) is 2.77. The summed E-state index contributed by atoms with van der Waals surface area (Å²) in [7, 11) is 0. The summed E-state index contributed by atoms with van der Waals surface area (Å²) in [5.41, 5.74) is 3.13. The van der Waals surface area contributed by atoms with Crippen LogP contribution in [0.4, 0.5) is 5.95 Å². The molecule has 0 radical (unpaired) electrons. The van der Waals surface area contributed by atoms with Crippen LogP contribution < -0.4 is 5.32 Å². The molecule has 1 saturated carbocycles. The van der Waals surface area contributed by atoms with Crippen molar-refractivity contribution in [2.24, 2.45) is 0 Å². The van der Waals surface area contributed by atoms with Crippen LogP contribution in [0.15, 0.2) is 36.7 Å². The topological polar surface area (TPSA) is 58.1 Å². The molecular weight excluding hydrogens is 276 g/mol. The van der Waals surface area contributed by atoms with Crippen LogP contribution in [0.25, 0.3) is 0 Å². The first-order valence-corrected chi connectivity index (χ1v) is 7.74. The van der Waals surface area contributed by atoms with E-state index in [4.69, 9.17) is 0 Å². The highest BCUT2D eigenvalue weighted by atomic mass is 16.2. The van der Waals surface area contributed by atoms with Gasteiger partial charge in [-0.05, 0) is 30.4 Å². The van der Waals surface area contributed by atoms with E-state index < -0.39 is 0 Å². The number of nitrogens with one attached hydrogen (secondary N) is 1. The minimum Gasteiger partial charge on any atom is -0.351 e. The zero-order valence-corrected chi connectivity index (χ0v) is 12.3. The number of benzene rings is 1. The summed E-state index contributed by atoms with van der Waals surface area (Å²) in [6, 6.07) is 8.82. The van der Waals surface area contributed by atoms with E-state index in [1.807, 2.05) is 11.0 Å². The number of rotatable bonds is 3. The monoisotopic (exact) mass is 294 g/mol. The molecule has 1 aromatic carbocycles. The van der Waals surface area contributed by atoms with Crippen LogP contribution >= 0.6 is 0 Å². The van der Waals surface area contributed by atoms with E-state index in [1.54, 1.807) is 12.4 Å². The molecule has 1 aliphatic heterocycles. The molecule has 2 aromatic rings. The zero-order valence-electron chi connectivity index (χ0n) is 12.3. The molecule has 5 nitrogen and oxygen atoms in total. The molecule has 1 N–H and O–H groups in total. The lowest BCUT2D eigenvalue weighted by Crippen LogP contribution is -2.36. The van der Waals surface area contributed by atoms with Gasteiger partial charge in [0.25, 0.3) is 5.91 Å². The van der Waals surface area contributed by atoms with Gasteiger partial charge in [0.05, 0.1) is 5.56 Å². The van der Waals surface area contributed by atoms with Gasteiger partial charge < -0.3 is 10.2 Å². The molecule has 0 atom stereocenters. The molecule has 0 unspecified atom stereocenters. The highest BCUT2D eigenvalue weighted by Gasteiger charge is 2.23. The van der Waals surface area contributed by atoms with E-state index in [-0.39, 0.29) is 5.91 Å². The minimum atomic E-state index is 0.00692. The van der Waals surface area contributed by atoms with Crippen molar-refractivity contribution >= 4 is 11.9 Å². The predicted molar refractivity (Wildman–Crippen MR) is 83.6 cm³/mol. The average molecular weight is 294 g/mol. The van der Waals surface area contributed by atoms with Crippen molar-refractivity contribution in [3.05, 3.63) is 53.3 Å². The third kappa shape index (κ3) is 2.66. The first-order valence-electron chi connectivity index (χ1n) is 7.74. The van der Waals surface area contributed by atoms with Crippen LogP contribution in [-0.4, -0.2) is 33.4 Å². The maximum absolute atomic E-state index is 12.6. The van der Waals surface area contributed by atoms with E-state index in [1.165, 1.54) is 24.0 Å². The van der Waals surface area contributed by atoms with E-state index in [0.717, 1.165) is 13.0 Å². The van der Waals surface area contributed by atoms with Gasteiger partial charge in [-0.2, -0.15) is 0 Å². The van der Waals surface area contributed by atoms with Crippen LogP contribution in [0.3, 0.4) is 0 Å². The van der Waals surface area contributed by atoms with Crippen molar-refractivity contribution in [3.8, 4) is 0 Å². The summed E-state index contributed by atoms with van der Waals surface area (Å²) >= 11 is 0. The second-order valence-electron chi connectivity index (χ2n) is 5.96. The number of aromatic nitrogens is 2. The molecule has 112 valence electrons. The van der Waals surface area contributed by atoms with Gasteiger partial charge in [0.1, 0.15) is 0 Å². The first kappa shape index (κ1) is 13.2. The Morgan fingerprint density at radius 2 is 1.86 bits per heavy atom. The van der Waals surface area contributed by atoms with Crippen molar-refractivity contribution in [1.82, 2.24) is 14.9 Å². The predicted octanol–water partition coefficient (Wildman–Crippen LogP) is 2.25. The Kier molecular flexibility index (Phi) is 3.25. The highest BCUT2D eigenvalue weighted by Crippen LogP contribution is 2.23. The van der Waals surface area contributed by atoms with Crippen LogP contribution in [0, 0.1) is 0 Å². The number of nitrogens with zero attached hydrogens (tertiary/aromatic N) is 3. The van der Waals surface area contributed by atoms with Crippen LogP contribution in [0.1, 0.15) is 34.3 Å². The third-order valence-corrected chi connectivity index (χ3v) is 4.23. The Bertz CT molecular complexity index is 694. The largest absolute Gasteiger partial charge is 0.351 e. The van der Waals surface area contributed by atoms with Crippen molar-refractivity contribution in [2.75, 3.05) is 11.9 Å². The first-order chi connectivity index (χ1) is 10.8. The van der Waals surface area contributed by atoms with Gasteiger partial charge in [-0.1, -0.05) is 24.3 Å². The minimum absolute atomic E-state index is 0.00692. The maximum Gasteiger partial charge on any atom is 0.257 e. The van der Waals surface area contributed by atoms with Gasteiger partial charge in [0, 0.05) is 31.5 Å². The van der Waals surface area contributed by atoms with Crippen molar-refractivity contribution < 1.29 is 4.79 Å². The maximum atomic E-state index is 12.6. The Morgan fingerprint density at radius 3 is 2.59 bits per heavy atom. The van der Waals surface area contributed by atoms with Crippen LogP contribution in [-0.2, 0) is 13.0 Å². The lowest BCUT2D eigenvalue weighted by Gasteiger charge is -2.28. The number of anilines is 1.